The molecule has 3 rings (SSSR count). The number of anilines is 1. The summed E-state index contributed by atoms with van der Waals surface area (Å²) in [6, 6.07) is 7.02. The van der Waals surface area contributed by atoms with E-state index in [2.05, 4.69) is 38.3 Å². The average Bonchev–Trinajstić information content (AvgIpc) is 3.20. The van der Waals surface area contributed by atoms with E-state index in [0.717, 1.165) is 43.4 Å². The van der Waals surface area contributed by atoms with E-state index in [1.165, 1.54) is 36.2 Å². The van der Waals surface area contributed by atoms with E-state index in [1.54, 1.807) is 24.3 Å². The summed E-state index contributed by atoms with van der Waals surface area (Å²) in [7, 11) is 1.38. The zero-order valence-electron chi connectivity index (χ0n) is 22.0. The van der Waals surface area contributed by atoms with Gasteiger partial charge in [0.15, 0.2) is 5.11 Å². The Morgan fingerprint density at radius 2 is 1.86 bits per heavy atom. The lowest BCUT2D eigenvalue weighted by Crippen LogP contribution is -2.34. The minimum absolute atomic E-state index is 0.146. The largest absolute Gasteiger partial charge is 0.494 e. The monoisotopic (exact) mass is 530 g/mol. The van der Waals surface area contributed by atoms with Gasteiger partial charge in [-0.3, -0.25) is 10.1 Å². The van der Waals surface area contributed by atoms with Crippen LogP contribution in [0.3, 0.4) is 0 Å². The summed E-state index contributed by atoms with van der Waals surface area (Å²) >= 11 is 6.95. The molecule has 0 saturated carbocycles. The number of fused-ring (bicyclic) bond motifs is 1. The lowest BCUT2D eigenvalue weighted by molar-refractivity contribution is 0.0600. The molecular formula is C28H38N2O4S2. The Labute approximate surface area is 224 Å². The van der Waals surface area contributed by atoms with Crippen LogP contribution in [0.1, 0.15) is 91.0 Å². The second-order valence-corrected chi connectivity index (χ2v) is 11.9. The Bertz CT molecular complexity index is 1070. The SMILES string of the molecule is CCCCCCOc1ccc(C(=O)NC(=S)Nc2sc3c(c2C(=O)OC)CCC(C(C)(C)C)C3)cc1. The van der Waals surface area contributed by atoms with E-state index in [0.29, 0.717) is 28.7 Å². The van der Waals surface area contributed by atoms with Crippen molar-refractivity contribution in [2.75, 3.05) is 19.0 Å². The predicted molar refractivity (Wildman–Crippen MR) is 150 cm³/mol. The molecule has 1 unspecified atom stereocenters. The second kappa shape index (κ2) is 12.7. The molecule has 2 aromatic rings. The number of rotatable bonds is 9. The average molecular weight is 531 g/mol. The van der Waals surface area contributed by atoms with Gasteiger partial charge in [0.1, 0.15) is 10.8 Å². The van der Waals surface area contributed by atoms with Crippen molar-refractivity contribution in [2.24, 2.45) is 11.3 Å². The first-order valence-corrected chi connectivity index (χ1v) is 13.9. The number of amides is 1. The fraction of sp³-hybridized carbons (Fsp3) is 0.536. The maximum Gasteiger partial charge on any atom is 0.341 e. The highest BCUT2D eigenvalue weighted by molar-refractivity contribution is 7.80. The summed E-state index contributed by atoms with van der Waals surface area (Å²) in [6.45, 7) is 9.62. The van der Waals surface area contributed by atoms with Gasteiger partial charge in [-0.1, -0.05) is 47.0 Å². The summed E-state index contributed by atoms with van der Waals surface area (Å²) < 4.78 is 10.8. The maximum atomic E-state index is 12.7. The van der Waals surface area contributed by atoms with Crippen molar-refractivity contribution in [1.82, 2.24) is 5.32 Å². The first-order valence-electron chi connectivity index (χ1n) is 12.7. The number of hydrogen-bond acceptors (Lipinski definition) is 6. The highest BCUT2D eigenvalue weighted by Crippen LogP contribution is 2.44. The highest BCUT2D eigenvalue weighted by Gasteiger charge is 2.34. The summed E-state index contributed by atoms with van der Waals surface area (Å²) in [4.78, 5) is 26.6. The molecule has 1 aliphatic carbocycles. The Morgan fingerprint density at radius 1 is 1.14 bits per heavy atom. The lowest BCUT2D eigenvalue weighted by Gasteiger charge is -2.33. The number of thiocarbonyl (C=S) groups is 1. The standard InChI is InChI=1S/C28H38N2O4S2/c1-6-7-8-9-16-34-20-13-10-18(11-14-20)24(31)29-27(35)30-25-23(26(32)33-5)21-15-12-19(28(2,3)4)17-22(21)36-25/h10-11,13-14,19H,6-9,12,15-17H2,1-5H3,(H2,29,30,31,35). The van der Waals surface area contributed by atoms with E-state index in [1.807, 2.05) is 0 Å². The molecule has 2 N–H and O–H groups in total. The number of esters is 1. The number of thiophene rings is 1. The van der Waals surface area contributed by atoms with Crippen molar-refractivity contribution in [1.29, 1.82) is 0 Å². The van der Waals surface area contributed by atoms with Crippen LogP contribution < -0.4 is 15.4 Å². The quantitative estimate of drug-likeness (QED) is 0.212. The highest BCUT2D eigenvalue weighted by atomic mass is 32.1. The molecule has 36 heavy (non-hydrogen) atoms. The fourth-order valence-electron chi connectivity index (χ4n) is 4.46. The minimum Gasteiger partial charge on any atom is -0.494 e. The van der Waals surface area contributed by atoms with Gasteiger partial charge in [0.05, 0.1) is 19.3 Å². The third-order valence-electron chi connectivity index (χ3n) is 6.72. The molecule has 1 aromatic heterocycles. The number of carbonyl (C=O) groups excluding carboxylic acids is 2. The molecule has 1 amide bonds. The molecule has 1 atom stereocenters. The van der Waals surface area contributed by atoms with Gasteiger partial charge >= 0.3 is 5.97 Å². The van der Waals surface area contributed by atoms with Gasteiger partial charge < -0.3 is 14.8 Å². The zero-order chi connectivity index (χ0) is 26.3. The maximum absolute atomic E-state index is 12.7. The first-order chi connectivity index (χ1) is 17.1. The number of unbranched alkanes of at least 4 members (excludes halogenated alkanes) is 3. The number of methoxy groups -OCH3 is 1. The second-order valence-electron chi connectivity index (χ2n) is 10.3. The Balaban J connectivity index is 1.63. The molecule has 0 radical (unpaired) electrons. The van der Waals surface area contributed by atoms with Gasteiger partial charge in [-0.15, -0.1) is 11.3 Å². The third-order valence-corrected chi connectivity index (χ3v) is 8.09. The van der Waals surface area contributed by atoms with E-state index in [-0.39, 0.29) is 22.4 Å². The van der Waals surface area contributed by atoms with E-state index in [4.69, 9.17) is 21.7 Å². The van der Waals surface area contributed by atoms with Crippen molar-refractivity contribution in [2.45, 2.75) is 72.6 Å². The Hall–Kier alpha value is -2.45. The number of nitrogens with one attached hydrogen (secondary N) is 2. The van der Waals surface area contributed by atoms with Gasteiger partial charge in [0, 0.05) is 10.4 Å². The molecule has 1 aromatic carbocycles. The molecule has 0 fully saturated rings. The van der Waals surface area contributed by atoms with Crippen molar-refractivity contribution in [3.63, 3.8) is 0 Å². The van der Waals surface area contributed by atoms with Gasteiger partial charge in [0.2, 0.25) is 0 Å². The molecule has 1 heterocycles. The smallest absolute Gasteiger partial charge is 0.341 e. The third kappa shape index (κ3) is 7.29. The zero-order valence-corrected chi connectivity index (χ0v) is 23.6. The molecular weight excluding hydrogens is 492 g/mol. The van der Waals surface area contributed by atoms with E-state index < -0.39 is 0 Å². The molecule has 0 aliphatic heterocycles. The van der Waals surface area contributed by atoms with Crippen molar-refractivity contribution >= 4 is 45.5 Å². The van der Waals surface area contributed by atoms with E-state index in [9.17, 15) is 9.59 Å². The summed E-state index contributed by atoms with van der Waals surface area (Å²) in [6.07, 6.45) is 7.35. The van der Waals surface area contributed by atoms with Crippen molar-refractivity contribution < 1.29 is 19.1 Å². The number of benzene rings is 1. The number of ether oxygens (including phenoxy) is 2. The van der Waals surface area contributed by atoms with Crippen LogP contribution in [-0.4, -0.2) is 30.7 Å². The predicted octanol–water partition coefficient (Wildman–Crippen LogP) is 6.77. The minimum atomic E-state index is -0.386. The van der Waals surface area contributed by atoms with Crippen molar-refractivity contribution in [3.05, 3.63) is 45.8 Å². The summed E-state index contributed by atoms with van der Waals surface area (Å²) in [5, 5.41) is 6.58. The van der Waals surface area contributed by atoms with Crippen LogP contribution >= 0.6 is 23.6 Å². The van der Waals surface area contributed by atoms with Gasteiger partial charge in [0.25, 0.3) is 5.91 Å². The fourth-order valence-corrected chi connectivity index (χ4v) is 6.04. The van der Waals surface area contributed by atoms with Crippen LogP contribution in [0.5, 0.6) is 5.75 Å². The molecule has 6 nitrogen and oxygen atoms in total. The van der Waals surface area contributed by atoms with Gasteiger partial charge in [-0.2, -0.15) is 0 Å². The Kier molecular flexibility index (Phi) is 9.91. The van der Waals surface area contributed by atoms with Crippen molar-refractivity contribution in [3.8, 4) is 5.75 Å². The van der Waals surface area contributed by atoms with Crippen LogP contribution in [0.4, 0.5) is 5.00 Å². The van der Waals surface area contributed by atoms with Gasteiger partial charge in [-0.05, 0) is 79.1 Å². The number of hydrogen-bond donors (Lipinski definition) is 2. The van der Waals surface area contributed by atoms with E-state index >= 15 is 0 Å². The molecule has 0 spiro atoms. The van der Waals surface area contributed by atoms with Crippen LogP contribution in [0.15, 0.2) is 24.3 Å². The normalized spacial score (nSPS) is 15.1. The Morgan fingerprint density at radius 3 is 2.50 bits per heavy atom. The summed E-state index contributed by atoms with van der Waals surface area (Å²) in [5.74, 6) is 0.570. The lowest BCUT2D eigenvalue weighted by atomic mass is 9.72. The first kappa shape index (κ1) is 28.1. The molecule has 0 bridgehead atoms. The summed E-state index contributed by atoms with van der Waals surface area (Å²) in [5.41, 5.74) is 2.24. The van der Waals surface area contributed by atoms with Crippen LogP contribution in [0.2, 0.25) is 0 Å². The molecule has 0 saturated heterocycles. The van der Waals surface area contributed by atoms with Crippen LogP contribution in [-0.2, 0) is 17.6 Å². The molecule has 8 heteroatoms. The van der Waals surface area contributed by atoms with Crippen LogP contribution in [0.25, 0.3) is 0 Å². The molecule has 1 aliphatic rings. The topological polar surface area (TPSA) is 76.7 Å². The molecule has 196 valence electrons. The number of carbonyl (C=O) groups is 2. The van der Waals surface area contributed by atoms with Gasteiger partial charge in [-0.25, -0.2) is 4.79 Å². The van der Waals surface area contributed by atoms with Crippen LogP contribution in [0, 0.1) is 11.3 Å².